The molecule has 0 spiro atoms. The van der Waals surface area contributed by atoms with E-state index in [-0.39, 0.29) is 54.8 Å². The van der Waals surface area contributed by atoms with Crippen molar-refractivity contribution in [2.45, 2.75) is 64.2 Å². The highest BCUT2D eigenvalue weighted by Gasteiger charge is 2.46. The second-order valence-electron chi connectivity index (χ2n) is 10.5. The lowest BCUT2D eigenvalue weighted by molar-refractivity contribution is -0.143. The zero-order valence-corrected chi connectivity index (χ0v) is 21.7. The van der Waals surface area contributed by atoms with E-state index >= 15 is 0 Å². The lowest BCUT2D eigenvalue weighted by atomic mass is 10.1. The van der Waals surface area contributed by atoms with Gasteiger partial charge in [0, 0.05) is 6.54 Å². The molecule has 1 aliphatic carbocycles. The summed E-state index contributed by atoms with van der Waals surface area (Å²) in [4.78, 5) is 58.3. The molecule has 1 aromatic heterocycles. The first-order chi connectivity index (χ1) is 18.1. The van der Waals surface area contributed by atoms with Gasteiger partial charge in [0.25, 0.3) is 0 Å². The smallest absolute Gasteiger partial charge is 0.334 e. The lowest BCUT2D eigenvalue weighted by Crippen LogP contribution is -2.39. The van der Waals surface area contributed by atoms with Gasteiger partial charge in [-0.1, -0.05) is 17.3 Å². The van der Waals surface area contributed by atoms with Crippen LogP contribution in [0.1, 0.15) is 51.2 Å². The quantitative estimate of drug-likeness (QED) is 0.338. The SMILES string of the molecule is COc1ccccc1N(C[C@H]1CCC(C)(C)O1)C(=O)Cc1noc(CN2C(=O)C(=O)N(CC3CC3)C2=O)n1. The fraction of sp³-hybridized carbons (Fsp3) is 0.538. The molecule has 0 bridgehead atoms. The molecule has 0 N–H and O–H groups in total. The number of urea groups is 1. The van der Waals surface area contributed by atoms with E-state index < -0.39 is 17.8 Å². The summed E-state index contributed by atoms with van der Waals surface area (Å²) in [6.45, 7) is 4.27. The molecule has 1 saturated carbocycles. The number of nitrogens with zero attached hydrogens (tertiary/aromatic N) is 5. The van der Waals surface area contributed by atoms with Gasteiger partial charge in [0.05, 0.1) is 37.5 Å². The summed E-state index contributed by atoms with van der Waals surface area (Å²) in [6, 6.07) is 6.53. The fourth-order valence-electron chi connectivity index (χ4n) is 4.80. The van der Waals surface area contributed by atoms with Crippen LogP contribution >= 0.6 is 0 Å². The zero-order valence-electron chi connectivity index (χ0n) is 21.7. The van der Waals surface area contributed by atoms with Crippen molar-refractivity contribution < 1.29 is 33.2 Å². The van der Waals surface area contributed by atoms with Gasteiger partial charge in [0.2, 0.25) is 11.8 Å². The number of para-hydroxylation sites is 2. The molecule has 202 valence electrons. The topological polar surface area (TPSA) is 135 Å². The molecule has 3 heterocycles. The summed E-state index contributed by atoms with van der Waals surface area (Å²) in [5.74, 6) is -1.22. The van der Waals surface area contributed by atoms with E-state index in [1.54, 1.807) is 24.1 Å². The maximum absolute atomic E-state index is 13.5. The van der Waals surface area contributed by atoms with E-state index in [0.717, 1.165) is 35.5 Å². The molecular formula is C26H31N5O7. The predicted octanol–water partition coefficient (Wildman–Crippen LogP) is 2.31. The fourth-order valence-corrected chi connectivity index (χ4v) is 4.80. The van der Waals surface area contributed by atoms with E-state index in [9.17, 15) is 19.2 Å². The van der Waals surface area contributed by atoms with Crippen LogP contribution in [0, 0.1) is 5.92 Å². The molecule has 5 amide bonds. The minimum absolute atomic E-state index is 0.0414. The molecular weight excluding hydrogens is 494 g/mol. The summed E-state index contributed by atoms with van der Waals surface area (Å²) >= 11 is 0. The third kappa shape index (κ3) is 5.40. The number of hydrogen-bond donors (Lipinski definition) is 0. The largest absolute Gasteiger partial charge is 0.495 e. The Bertz CT molecular complexity index is 1250. The van der Waals surface area contributed by atoms with Gasteiger partial charge in [0.15, 0.2) is 5.82 Å². The van der Waals surface area contributed by atoms with Crippen LogP contribution in [0.25, 0.3) is 0 Å². The average molecular weight is 526 g/mol. The Morgan fingerprint density at radius 3 is 2.55 bits per heavy atom. The van der Waals surface area contributed by atoms with Gasteiger partial charge in [-0.05, 0) is 57.6 Å². The first-order valence-corrected chi connectivity index (χ1v) is 12.7. The van der Waals surface area contributed by atoms with Crippen molar-refractivity contribution >= 4 is 29.4 Å². The second kappa shape index (κ2) is 10.2. The van der Waals surface area contributed by atoms with Crippen LogP contribution in [0.5, 0.6) is 5.75 Å². The van der Waals surface area contributed by atoms with Gasteiger partial charge < -0.3 is 18.9 Å². The maximum atomic E-state index is 13.5. The molecule has 3 aliphatic rings. The van der Waals surface area contributed by atoms with Gasteiger partial charge in [-0.15, -0.1) is 0 Å². The van der Waals surface area contributed by atoms with E-state index in [4.69, 9.17) is 14.0 Å². The Labute approximate surface area is 219 Å². The highest BCUT2D eigenvalue weighted by molar-refractivity contribution is 6.44. The predicted molar refractivity (Wildman–Crippen MR) is 132 cm³/mol. The number of amides is 5. The maximum Gasteiger partial charge on any atom is 0.334 e. The number of anilines is 1. The van der Waals surface area contributed by atoms with Crippen LogP contribution < -0.4 is 9.64 Å². The molecule has 1 aromatic carbocycles. The molecule has 12 heteroatoms. The molecule has 5 rings (SSSR count). The molecule has 2 saturated heterocycles. The van der Waals surface area contributed by atoms with Crippen LogP contribution in [-0.4, -0.2) is 75.6 Å². The van der Waals surface area contributed by atoms with Gasteiger partial charge in [-0.3, -0.25) is 19.3 Å². The molecule has 0 radical (unpaired) electrons. The number of rotatable bonds is 10. The van der Waals surface area contributed by atoms with Gasteiger partial charge in [-0.25, -0.2) is 9.69 Å². The first kappa shape index (κ1) is 25.8. The molecule has 12 nitrogen and oxygen atoms in total. The van der Waals surface area contributed by atoms with Gasteiger partial charge >= 0.3 is 17.8 Å². The van der Waals surface area contributed by atoms with Gasteiger partial charge in [-0.2, -0.15) is 4.98 Å². The Kier molecular flexibility index (Phi) is 6.91. The molecule has 3 fully saturated rings. The third-order valence-electron chi connectivity index (χ3n) is 7.00. The zero-order chi connectivity index (χ0) is 27.0. The van der Waals surface area contributed by atoms with Crippen LogP contribution in [0.2, 0.25) is 0 Å². The highest BCUT2D eigenvalue weighted by atomic mass is 16.5. The summed E-state index contributed by atoms with van der Waals surface area (Å²) in [5.41, 5.74) is 0.336. The van der Waals surface area contributed by atoms with Crippen LogP contribution in [-0.2, 0) is 32.1 Å². The number of benzene rings is 1. The van der Waals surface area contributed by atoms with Gasteiger partial charge in [0.1, 0.15) is 12.3 Å². The van der Waals surface area contributed by atoms with Crippen molar-refractivity contribution in [1.82, 2.24) is 19.9 Å². The number of aromatic nitrogens is 2. The Morgan fingerprint density at radius 2 is 1.87 bits per heavy atom. The summed E-state index contributed by atoms with van der Waals surface area (Å²) in [7, 11) is 1.54. The van der Waals surface area contributed by atoms with Crippen molar-refractivity contribution in [3.8, 4) is 5.75 Å². The summed E-state index contributed by atoms with van der Waals surface area (Å²) < 4.78 is 16.8. The van der Waals surface area contributed by atoms with Crippen LogP contribution in [0.4, 0.5) is 10.5 Å². The normalized spacial score (nSPS) is 20.9. The van der Waals surface area contributed by atoms with Crippen molar-refractivity contribution in [3.63, 3.8) is 0 Å². The van der Waals surface area contributed by atoms with E-state index in [2.05, 4.69) is 10.1 Å². The molecule has 2 aliphatic heterocycles. The van der Waals surface area contributed by atoms with Crippen molar-refractivity contribution in [1.29, 1.82) is 0 Å². The van der Waals surface area contributed by atoms with Crippen LogP contribution in [0.15, 0.2) is 28.8 Å². The first-order valence-electron chi connectivity index (χ1n) is 12.7. The lowest BCUT2D eigenvalue weighted by Gasteiger charge is -2.28. The molecule has 38 heavy (non-hydrogen) atoms. The number of carbonyl (C=O) groups is 4. The third-order valence-corrected chi connectivity index (χ3v) is 7.00. The van der Waals surface area contributed by atoms with Crippen molar-refractivity contribution in [2.75, 3.05) is 25.1 Å². The Balaban J connectivity index is 1.28. The molecule has 2 aromatic rings. The number of ether oxygens (including phenoxy) is 2. The van der Waals surface area contributed by atoms with Crippen molar-refractivity contribution in [3.05, 3.63) is 36.0 Å². The highest BCUT2D eigenvalue weighted by Crippen LogP contribution is 2.34. The number of methoxy groups -OCH3 is 1. The summed E-state index contributed by atoms with van der Waals surface area (Å²) in [6.07, 6.45) is 3.22. The summed E-state index contributed by atoms with van der Waals surface area (Å²) in [5, 5.41) is 3.87. The Hall–Kier alpha value is -3.80. The molecule has 1 atom stereocenters. The van der Waals surface area contributed by atoms with Crippen LogP contribution in [0.3, 0.4) is 0 Å². The number of imide groups is 2. The monoisotopic (exact) mass is 525 g/mol. The van der Waals surface area contributed by atoms with E-state index in [1.807, 2.05) is 26.0 Å². The van der Waals surface area contributed by atoms with E-state index in [1.165, 1.54) is 0 Å². The minimum Gasteiger partial charge on any atom is -0.495 e. The number of carbonyl (C=O) groups excluding carboxylic acids is 4. The van der Waals surface area contributed by atoms with E-state index in [0.29, 0.717) is 18.0 Å². The average Bonchev–Trinajstić information content (AvgIpc) is 3.45. The van der Waals surface area contributed by atoms with Crippen molar-refractivity contribution in [2.24, 2.45) is 5.92 Å². The second-order valence-corrected chi connectivity index (χ2v) is 10.5. The number of hydrogen-bond acceptors (Lipinski definition) is 9. The Morgan fingerprint density at radius 1 is 1.13 bits per heavy atom. The minimum atomic E-state index is -0.923. The molecule has 0 unspecified atom stereocenters. The standard InChI is InChI=1S/C26H31N5O7/c1-26(2)11-10-17(37-26)14-29(18-6-4-5-7-19(18)36-3)22(32)12-20-27-21(38-28-20)15-31-24(34)23(33)30(25(31)35)13-16-8-9-16/h4-7,16-17H,8-15H2,1-3H3/t17-/m1/s1.